The minimum atomic E-state index is -0.284. The molecule has 0 aliphatic carbocycles. The van der Waals surface area contributed by atoms with E-state index in [1.165, 1.54) is 12.1 Å². The largest absolute Gasteiger partial charge is 0.351 e. The quantitative estimate of drug-likeness (QED) is 0.397. The summed E-state index contributed by atoms with van der Waals surface area (Å²) in [6, 6.07) is 23.5. The van der Waals surface area contributed by atoms with Crippen LogP contribution in [-0.4, -0.2) is 14.7 Å². The van der Waals surface area contributed by atoms with Gasteiger partial charge in [0.25, 0.3) is 0 Å². The third kappa shape index (κ3) is 3.69. The predicted molar refractivity (Wildman–Crippen MR) is 125 cm³/mol. The molecule has 4 aromatic rings. The van der Waals surface area contributed by atoms with Crippen molar-refractivity contribution in [1.29, 1.82) is 0 Å². The monoisotopic (exact) mass is 448 g/mol. The topological polar surface area (TPSA) is 33.1 Å². The number of halogens is 2. The first-order valence-electron chi connectivity index (χ1n) is 9.81. The average molecular weight is 449 g/mol. The van der Waals surface area contributed by atoms with Crippen LogP contribution < -0.4 is 10.2 Å². The van der Waals surface area contributed by atoms with Crippen LogP contribution in [-0.2, 0) is 0 Å². The molecular weight excluding hydrogens is 431 g/mol. The van der Waals surface area contributed by atoms with Crippen molar-refractivity contribution in [2.45, 2.75) is 12.1 Å². The Kier molecular flexibility index (Phi) is 5.18. The van der Waals surface area contributed by atoms with E-state index in [4.69, 9.17) is 23.8 Å². The maximum Gasteiger partial charge on any atom is 0.174 e. The van der Waals surface area contributed by atoms with Crippen LogP contribution in [0.1, 0.15) is 23.5 Å². The highest BCUT2D eigenvalue weighted by atomic mass is 35.5. The molecular formula is C24H18ClFN4S. The number of hydrogen-bond acceptors (Lipinski definition) is 2. The Labute approximate surface area is 189 Å². The number of thiocarbonyl (C=S) groups is 1. The van der Waals surface area contributed by atoms with Gasteiger partial charge in [-0.2, -0.15) is 0 Å². The Hall–Kier alpha value is -3.22. The molecule has 0 amide bonds. The Morgan fingerprint density at radius 1 is 0.935 bits per heavy atom. The fraction of sp³-hybridized carbons (Fsp3) is 0.0833. The van der Waals surface area contributed by atoms with Gasteiger partial charge in [-0.05, 0) is 78.9 Å². The summed E-state index contributed by atoms with van der Waals surface area (Å²) in [4.78, 5) is 6.64. The Morgan fingerprint density at radius 2 is 1.77 bits per heavy atom. The standard InChI is InChI=1S/C24H18ClFN4S/c25-16-9-11-18(12-10-16)30-23(22(28-24(30)31)20-7-1-2-13-27-20)21-8-4-14-29(21)19-6-3-5-17(26)15-19/h1-15,22-23H,(H,28,31)/t22-,23-/m1/s1. The fourth-order valence-corrected chi connectivity index (χ4v) is 4.50. The van der Waals surface area contributed by atoms with Crippen LogP contribution >= 0.6 is 23.8 Å². The van der Waals surface area contributed by atoms with Gasteiger partial charge >= 0.3 is 0 Å². The summed E-state index contributed by atoms with van der Waals surface area (Å²) in [6.45, 7) is 0. The second-order valence-corrected chi connectivity index (χ2v) is 8.08. The predicted octanol–water partition coefficient (Wildman–Crippen LogP) is 5.84. The highest BCUT2D eigenvalue weighted by Crippen LogP contribution is 2.42. The molecule has 7 heteroatoms. The molecule has 2 atom stereocenters. The number of pyridine rings is 1. The van der Waals surface area contributed by atoms with Gasteiger partial charge in [-0.1, -0.05) is 23.7 Å². The summed E-state index contributed by atoms with van der Waals surface area (Å²) in [6.07, 6.45) is 3.70. The molecule has 2 aromatic heterocycles. The number of anilines is 1. The Bertz CT molecular complexity index is 1230. The van der Waals surface area contributed by atoms with Crippen LogP contribution in [0.25, 0.3) is 5.69 Å². The van der Waals surface area contributed by atoms with E-state index in [9.17, 15) is 4.39 Å². The molecule has 0 unspecified atom stereocenters. The number of rotatable bonds is 4. The second-order valence-electron chi connectivity index (χ2n) is 7.26. The molecule has 0 spiro atoms. The van der Waals surface area contributed by atoms with Gasteiger partial charge in [-0.15, -0.1) is 0 Å². The fourth-order valence-electron chi connectivity index (χ4n) is 4.03. The first kappa shape index (κ1) is 19.7. The van der Waals surface area contributed by atoms with Crippen LogP contribution in [0, 0.1) is 5.82 Å². The zero-order chi connectivity index (χ0) is 21.4. The van der Waals surface area contributed by atoms with Gasteiger partial charge in [0.15, 0.2) is 5.11 Å². The number of hydrogen-bond donors (Lipinski definition) is 1. The van der Waals surface area contributed by atoms with Crippen molar-refractivity contribution in [3.8, 4) is 5.69 Å². The number of benzene rings is 2. The van der Waals surface area contributed by atoms with Gasteiger partial charge in [-0.25, -0.2) is 4.39 Å². The van der Waals surface area contributed by atoms with E-state index in [1.807, 2.05) is 71.4 Å². The van der Waals surface area contributed by atoms with Gasteiger partial charge in [0.05, 0.1) is 11.7 Å². The lowest BCUT2D eigenvalue weighted by Gasteiger charge is -2.29. The van der Waals surface area contributed by atoms with Crippen molar-refractivity contribution in [3.63, 3.8) is 0 Å². The highest BCUT2D eigenvalue weighted by molar-refractivity contribution is 7.80. The molecule has 3 heterocycles. The maximum atomic E-state index is 14.0. The first-order valence-corrected chi connectivity index (χ1v) is 10.6. The molecule has 2 aromatic carbocycles. The lowest BCUT2D eigenvalue weighted by Crippen LogP contribution is -2.30. The molecule has 1 saturated heterocycles. The van der Waals surface area contributed by atoms with Crippen molar-refractivity contribution < 1.29 is 4.39 Å². The molecule has 5 rings (SSSR count). The third-order valence-corrected chi connectivity index (χ3v) is 5.94. The van der Waals surface area contributed by atoms with E-state index in [-0.39, 0.29) is 17.9 Å². The molecule has 0 saturated carbocycles. The normalized spacial score (nSPS) is 18.3. The van der Waals surface area contributed by atoms with E-state index < -0.39 is 0 Å². The first-order chi connectivity index (χ1) is 15.1. The average Bonchev–Trinajstić information content (AvgIpc) is 3.39. The summed E-state index contributed by atoms with van der Waals surface area (Å²) < 4.78 is 16.0. The summed E-state index contributed by atoms with van der Waals surface area (Å²) in [5.74, 6) is -0.284. The van der Waals surface area contributed by atoms with E-state index in [0.717, 1.165) is 22.8 Å². The molecule has 31 heavy (non-hydrogen) atoms. The zero-order valence-electron chi connectivity index (χ0n) is 16.3. The van der Waals surface area contributed by atoms with E-state index in [0.29, 0.717) is 10.1 Å². The zero-order valence-corrected chi connectivity index (χ0v) is 17.9. The van der Waals surface area contributed by atoms with Crippen molar-refractivity contribution >= 4 is 34.6 Å². The van der Waals surface area contributed by atoms with Gasteiger partial charge in [0.2, 0.25) is 0 Å². The summed E-state index contributed by atoms with van der Waals surface area (Å²) >= 11 is 11.9. The number of aromatic nitrogens is 2. The van der Waals surface area contributed by atoms with Crippen LogP contribution in [0.5, 0.6) is 0 Å². The lowest BCUT2D eigenvalue weighted by molar-refractivity contribution is 0.549. The SMILES string of the molecule is Fc1cccc(-n2cccc2[C@@H]2[C@@H](c3ccccn3)NC(=S)N2c2ccc(Cl)cc2)c1. The van der Waals surface area contributed by atoms with Crippen molar-refractivity contribution in [3.05, 3.63) is 113 Å². The van der Waals surface area contributed by atoms with E-state index >= 15 is 0 Å². The summed E-state index contributed by atoms with van der Waals surface area (Å²) in [5, 5.41) is 4.68. The van der Waals surface area contributed by atoms with Crippen molar-refractivity contribution in [2.24, 2.45) is 0 Å². The molecule has 4 nitrogen and oxygen atoms in total. The number of nitrogens with zero attached hydrogens (tertiary/aromatic N) is 3. The summed E-state index contributed by atoms with van der Waals surface area (Å²) in [7, 11) is 0. The smallest absolute Gasteiger partial charge is 0.174 e. The third-order valence-electron chi connectivity index (χ3n) is 5.37. The molecule has 1 fully saturated rings. The maximum absolute atomic E-state index is 14.0. The highest BCUT2D eigenvalue weighted by Gasteiger charge is 2.42. The molecule has 1 aliphatic heterocycles. The van der Waals surface area contributed by atoms with Crippen molar-refractivity contribution in [1.82, 2.24) is 14.9 Å². The Balaban J connectivity index is 1.67. The van der Waals surface area contributed by atoms with Crippen LogP contribution in [0.3, 0.4) is 0 Å². The minimum Gasteiger partial charge on any atom is -0.351 e. The lowest BCUT2D eigenvalue weighted by atomic mass is 10.0. The van der Waals surface area contributed by atoms with Gasteiger partial charge < -0.3 is 14.8 Å². The second kappa shape index (κ2) is 8.13. The minimum absolute atomic E-state index is 0.188. The molecule has 1 N–H and O–H groups in total. The van der Waals surface area contributed by atoms with E-state index in [2.05, 4.69) is 15.2 Å². The molecule has 1 aliphatic rings. The van der Waals surface area contributed by atoms with Crippen molar-refractivity contribution in [2.75, 3.05) is 4.90 Å². The van der Waals surface area contributed by atoms with Crippen LogP contribution in [0.15, 0.2) is 91.3 Å². The molecule has 0 radical (unpaired) electrons. The number of nitrogens with one attached hydrogen (secondary N) is 1. The summed E-state index contributed by atoms with van der Waals surface area (Å²) in [5.41, 5.74) is 3.49. The molecule has 0 bridgehead atoms. The van der Waals surface area contributed by atoms with Gasteiger partial charge in [-0.3, -0.25) is 4.98 Å². The Morgan fingerprint density at radius 3 is 2.52 bits per heavy atom. The van der Waals surface area contributed by atoms with Crippen LogP contribution in [0.4, 0.5) is 10.1 Å². The van der Waals surface area contributed by atoms with Gasteiger partial charge in [0, 0.05) is 34.5 Å². The molecule has 154 valence electrons. The van der Waals surface area contributed by atoms with Crippen LogP contribution in [0.2, 0.25) is 5.02 Å². The van der Waals surface area contributed by atoms with Gasteiger partial charge in [0.1, 0.15) is 11.9 Å². The van der Waals surface area contributed by atoms with E-state index in [1.54, 1.807) is 12.3 Å².